The van der Waals surface area contributed by atoms with Gasteiger partial charge in [-0.05, 0) is 55.4 Å². The lowest BCUT2D eigenvalue weighted by Gasteiger charge is -2.35. The molecule has 2 rings (SSSR count). The molecule has 0 saturated heterocycles. The summed E-state index contributed by atoms with van der Waals surface area (Å²) in [6.07, 6.45) is 13.4. The van der Waals surface area contributed by atoms with Gasteiger partial charge in [0.15, 0.2) is 0 Å². The molecule has 0 spiro atoms. The summed E-state index contributed by atoms with van der Waals surface area (Å²) < 4.78 is 5.61. The maximum Gasteiger partial charge on any atom is 0.336 e. The average Bonchev–Trinajstić information content (AvgIpc) is 2.62. The van der Waals surface area contributed by atoms with Crippen molar-refractivity contribution < 1.29 is 14.6 Å². The normalized spacial score (nSPS) is 18.2. The van der Waals surface area contributed by atoms with Crippen LogP contribution in [-0.2, 0) is 10.2 Å². The first-order valence-electron chi connectivity index (χ1n) is 9.35. The van der Waals surface area contributed by atoms with Crippen molar-refractivity contribution in [2.45, 2.75) is 58.3 Å². The maximum atomic E-state index is 12.0. The third kappa shape index (κ3) is 4.46. The zero-order valence-corrected chi connectivity index (χ0v) is 16.3. The number of carbonyl (C=O) groups is 1. The van der Waals surface area contributed by atoms with Crippen LogP contribution in [0.1, 0.15) is 64.0 Å². The molecule has 0 radical (unpaired) electrons. The van der Waals surface area contributed by atoms with E-state index in [1.54, 1.807) is 7.11 Å². The Labute approximate surface area is 157 Å². The van der Waals surface area contributed by atoms with Crippen LogP contribution in [-0.4, -0.2) is 18.2 Å². The molecule has 0 aromatic heterocycles. The first-order chi connectivity index (χ1) is 12.4. The molecule has 0 aliphatic heterocycles. The van der Waals surface area contributed by atoms with Crippen LogP contribution in [0.2, 0.25) is 0 Å². The number of aliphatic carboxylic acids is 1. The largest absolute Gasteiger partial charge is 0.496 e. The van der Waals surface area contributed by atoms with E-state index in [0.29, 0.717) is 5.57 Å². The summed E-state index contributed by atoms with van der Waals surface area (Å²) >= 11 is 0. The fourth-order valence-electron chi connectivity index (χ4n) is 3.85. The Hall–Kier alpha value is -2.29. The zero-order valence-electron chi connectivity index (χ0n) is 16.3. The topological polar surface area (TPSA) is 46.5 Å². The Morgan fingerprint density at radius 1 is 1.19 bits per heavy atom. The van der Waals surface area contributed by atoms with Gasteiger partial charge in [0, 0.05) is 5.56 Å². The minimum atomic E-state index is -0.905. The molecule has 0 amide bonds. The molecule has 1 aliphatic carbocycles. The van der Waals surface area contributed by atoms with Crippen molar-refractivity contribution in [1.82, 2.24) is 0 Å². The highest BCUT2D eigenvalue weighted by molar-refractivity contribution is 6.17. The summed E-state index contributed by atoms with van der Waals surface area (Å²) in [6, 6.07) is 5.79. The molecule has 1 aliphatic rings. The first-order valence-corrected chi connectivity index (χ1v) is 9.35. The number of rotatable bonds is 6. The molecule has 0 bridgehead atoms. The average molecular weight is 354 g/mol. The van der Waals surface area contributed by atoms with Crippen molar-refractivity contribution in [2.24, 2.45) is 0 Å². The SMILES string of the molecule is CC=CC=CC(C)=C(C(=O)O)c1ccc(OC)c(C2(C)CCCCC2)c1. The lowest BCUT2D eigenvalue weighted by atomic mass is 9.70. The quantitative estimate of drug-likeness (QED) is 0.510. The second-order valence-corrected chi connectivity index (χ2v) is 7.28. The Kier molecular flexibility index (Phi) is 6.84. The fourth-order valence-corrected chi connectivity index (χ4v) is 3.85. The number of hydrogen-bond donors (Lipinski definition) is 1. The van der Waals surface area contributed by atoms with Crippen LogP contribution >= 0.6 is 0 Å². The van der Waals surface area contributed by atoms with Crippen molar-refractivity contribution in [2.75, 3.05) is 7.11 Å². The third-order valence-corrected chi connectivity index (χ3v) is 5.35. The Balaban J connectivity index is 2.56. The van der Waals surface area contributed by atoms with E-state index in [9.17, 15) is 9.90 Å². The summed E-state index contributed by atoms with van der Waals surface area (Å²) in [5.74, 6) is -0.0532. The number of allylic oxidation sites excluding steroid dienone is 5. The van der Waals surface area contributed by atoms with E-state index < -0.39 is 5.97 Å². The van der Waals surface area contributed by atoms with Gasteiger partial charge in [-0.1, -0.05) is 56.6 Å². The predicted octanol–water partition coefficient (Wildman–Crippen LogP) is 5.91. The highest BCUT2D eigenvalue weighted by Gasteiger charge is 2.32. The number of hydrogen-bond acceptors (Lipinski definition) is 2. The zero-order chi connectivity index (χ0) is 19.2. The van der Waals surface area contributed by atoms with Crippen molar-refractivity contribution in [3.63, 3.8) is 0 Å². The molecular weight excluding hydrogens is 324 g/mol. The van der Waals surface area contributed by atoms with Gasteiger partial charge in [0.25, 0.3) is 0 Å². The van der Waals surface area contributed by atoms with Gasteiger partial charge >= 0.3 is 5.97 Å². The third-order valence-electron chi connectivity index (χ3n) is 5.35. The van der Waals surface area contributed by atoms with Gasteiger partial charge in [-0.2, -0.15) is 0 Å². The second kappa shape index (κ2) is 8.88. The number of carboxylic acids is 1. The Morgan fingerprint density at radius 2 is 1.88 bits per heavy atom. The van der Waals surface area contributed by atoms with Crippen LogP contribution in [0.4, 0.5) is 0 Å². The molecular formula is C23H30O3. The van der Waals surface area contributed by atoms with Gasteiger partial charge < -0.3 is 9.84 Å². The highest BCUT2D eigenvalue weighted by atomic mass is 16.5. The van der Waals surface area contributed by atoms with Crippen molar-refractivity contribution in [3.05, 3.63) is 59.2 Å². The van der Waals surface area contributed by atoms with Crippen LogP contribution in [0.25, 0.3) is 5.57 Å². The minimum absolute atomic E-state index is 0.0396. The molecule has 0 atom stereocenters. The van der Waals surface area contributed by atoms with Crippen LogP contribution in [0.15, 0.2) is 48.1 Å². The van der Waals surface area contributed by atoms with Gasteiger partial charge in [-0.25, -0.2) is 4.79 Å². The lowest BCUT2D eigenvalue weighted by molar-refractivity contribution is -0.130. The maximum absolute atomic E-state index is 12.0. The van der Waals surface area contributed by atoms with Gasteiger partial charge in [0.2, 0.25) is 0 Å². The van der Waals surface area contributed by atoms with E-state index in [2.05, 4.69) is 6.92 Å². The fraction of sp³-hybridized carbons (Fsp3) is 0.435. The van der Waals surface area contributed by atoms with E-state index in [1.807, 2.05) is 56.4 Å². The summed E-state index contributed by atoms with van der Waals surface area (Å²) in [5.41, 5.74) is 2.98. The van der Waals surface area contributed by atoms with Gasteiger partial charge in [0.05, 0.1) is 12.7 Å². The summed E-state index contributed by atoms with van der Waals surface area (Å²) in [7, 11) is 1.68. The molecule has 0 unspecified atom stereocenters. The van der Waals surface area contributed by atoms with Crippen molar-refractivity contribution in [1.29, 1.82) is 0 Å². The Morgan fingerprint density at radius 3 is 2.46 bits per heavy atom. The van der Waals surface area contributed by atoms with Gasteiger partial charge in [-0.3, -0.25) is 0 Å². The lowest BCUT2D eigenvalue weighted by Crippen LogP contribution is -2.26. The number of methoxy groups -OCH3 is 1. The molecule has 26 heavy (non-hydrogen) atoms. The molecule has 140 valence electrons. The standard InChI is InChI=1S/C23H30O3/c1-5-6-8-11-17(2)21(22(24)25)18-12-13-20(26-4)19(16-18)23(3)14-9-7-10-15-23/h5-6,8,11-13,16H,7,9-10,14-15H2,1-4H3,(H,24,25). The summed E-state index contributed by atoms with van der Waals surface area (Å²) in [5, 5.41) is 9.80. The van der Waals surface area contributed by atoms with E-state index in [1.165, 1.54) is 19.3 Å². The van der Waals surface area contributed by atoms with E-state index in [-0.39, 0.29) is 5.41 Å². The van der Waals surface area contributed by atoms with Crippen molar-refractivity contribution in [3.8, 4) is 5.75 Å². The molecule has 1 aromatic rings. The molecule has 1 N–H and O–H groups in total. The second-order valence-electron chi connectivity index (χ2n) is 7.28. The number of ether oxygens (including phenoxy) is 1. The van der Waals surface area contributed by atoms with E-state index in [4.69, 9.17) is 4.74 Å². The van der Waals surface area contributed by atoms with Gasteiger partial charge in [0.1, 0.15) is 5.75 Å². The monoisotopic (exact) mass is 354 g/mol. The summed E-state index contributed by atoms with van der Waals surface area (Å²) in [6.45, 7) is 6.05. The molecule has 0 heterocycles. The van der Waals surface area contributed by atoms with Crippen LogP contribution < -0.4 is 4.74 Å². The Bertz CT molecular complexity index is 732. The molecule has 1 aromatic carbocycles. The summed E-state index contributed by atoms with van der Waals surface area (Å²) in [4.78, 5) is 12.0. The number of carboxylic acid groups (broad SMARTS) is 1. The minimum Gasteiger partial charge on any atom is -0.496 e. The molecule has 3 nitrogen and oxygen atoms in total. The molecule has 1 fully saturated rings. The highest BCUT2D eigenvalue weighted by Crippen LogP contribution is 2.44. The van der Waals surface area contributed by atoms with Crippen molar-refractivity contribution >= 4 is 11.5 Å². The van der Waals surface area contributed by atoms with E-state index >= 15 is 0 Å². The van der Waals surface area contributed by atoms with Crippen LogP contribution in [0.3, 0.4) is 0 Å². The van der Waals surface area contributed by atoms with Crippen LogP contribution in [0, 0.1) is 0 Å². The molecule has 3 heteroatoms. The first kappa shape index (κ1) is 20.0. The number of benzene rings is 1. The van der Waals surface area contributed by atoms with Gasteiger partial charge in [-0.15, -0.1) is 0 Å². The van der Waals surface area contributed by atoms with Crippen LogP contribution in [0.5, 0.6) is 5.75 Å². The smallest absolute Gasteiger partial charge is 0.336 e. The van der Waals surface area contributed by atoms with E-state index in [0.717, 1.165) is 35.3 Å². The molecule has 1 saturated carbocycles. The predicted molar refractivity (Wildman–Crippen MR) is 108 cm³/mol.